The molecule has 2 aromatic rings. The maximum Gasteiger partial charge on any atom is 0.244 e. The lowest BCUT2D eigenvalue weighted by Crippen LogP contribution is -2.44. The van der Waals surface area contributed by atoms with E-state index in [2.05, 4.69) is 5.32 Å². The molecular formula is C22H25NO3S. The molecule has 1 aliphatic rings. The third-order valence-electron chi connectivity index (χ3n) is 4.66. The largest absolute Gasteiger partial charge is 0.497 e. The zero-order valence-electron chi connectivity index (χ0n) is 15.4. The second-order valence-electron chi connectivity index (χ2n) is 6.62. The van der Waals surface area contributed by atoms with E-state index >= 15 is 0 Å². The number of carbonyl (C=O) groups excluding carboxylic acids is 1. The second-order valence-corrected chi connectivity index (χ2v) is 7.73. The summed E-state index contributed by atoms with van der Waals surface area (Å²) >= 11 is 1.63. The lowest BCUT2D eigenvalue weighted by molar-refractivity contribution is -0.118. The van der Waals surface area contributed by atoms with Gasteiger partial charge in [0.1, 0.15) is 5.75 Å². The fourth-order valence-electron chi connectivity index (χ4n) is 3.18. The number of nitrogens with one attached hydrogen (secondary N) is 1. The summed E-state index contributed by atoms with van der Waals surface area (Å²) in [6.45, 7) is 0. The van der Waals surface area contributed by atoms with E-state index in [1.54, 1.807) is 24.9 Å². The van der Waals surface area contributed by atoms with Gasteiger partial charge in [-0.15, -0.1) is 0 Å². The standard InChI is InChI=1S/C22H25NO3S/c1-26-17-8-6-9-18(15-17)27-21-12-5-2-7-16(21)13-14-22(25)23-19-10-3-4-11-20(19)24/h2,5-9,12-15,19-20,24H,3-4,10-11H2,1H3,(H,23,25). The number of hydrogen-bond donors (Lipinski definition) is 2. The third-order valence-corrected chi connectivity index (χ3v) is 5.74. The van der Waals surface area contributed by atoms with Gasteiger partial charge in [0.15, 0.2) is 0 Å². The van der Waals surface area contributed by atoms with Crippen LogP contribution in [0.3, 0.4) is 0 Å². The quantitative estimate of drug-likeness (QED) is 0.731. The Bertz CT molecular complexity index is 806. The van der Waals surface area contributed by atoms with Crippen LogP contribution in [0.5, 0.6) is 5.75 Å². The Labute approximate surface area is 164 Å². The summed E-state index contributed by atoms with van der Waals surface area (Å²) in [5, 5.41) is 12.9. The van der Waals surface area contributed by atoms with Crippen molar-refractivity contribution in [2.24, 2.45) is 0 Å². The first-order chi connectivity index (χ1) is 13.2. The molecule has 0 aromatic heterocycles. The molecular weight excluding hydrogens is 358 g/mol. The number of ether oxygens (including phenoxy) is 1. The highest BCUT2D eigenvalue weighted by Gasteiger charge is 2.23. The number of methoxy groups -OCH3 is 1. The van der Waals surface area contributed by atoms with Gasteiger partial charge in [-0.2, -0.15) is 0 Å². The number of aliphatic hydroxyl groups is 1. The van der Waals surface area contributed by atoms with E-state index in [1.165, 1.54) is 0 Å². The Morgan fingerprint density at radius 2 is 2.00 bits per heavy atom. The van der Waals surface area contributed by atoms with Gasteiger partial charge in [-0.05, 0) is 48.7 Å². The zero-order valence-corrected chi connectivity index (χ0v) is 16.2. The van der Waals surface area contributed by atoms with Crippen molar-refractivity contribution in [3.8, 4) is 5.75 Å². The van der Waals surface area contributed by atoms with Gasteiger partial charge in [0, 0.05) is 15.9 Å². The average molecular weight is 384 g/mol. The Morgan fingerprint density at radius 3 is 2.81 bits per heavy atom. The minimum atomic E-state index is -0.438. The molecule has 0 radical (unpaired) electrons. The van der Waals surface area contributed by atoms with Gasteiger partial charge in [-0.25, -0.2) is 0 Å². The molecule has 27 heavy (non-hydrogen) atoms. The molecule has 2 aromatic carbocycles. The Morgan fingerprint density at radius 1 is 1.19 bits per heavy atom. The van der Waals surface area contributed by atoms with Crippen LogP contribution in [0.4, 0.5) is 0 Å². The van der Waals surface area contributed by atoms with Crippen molar-refractivity contribution in [2.75, 3.05) is 7.11 Å². The monoisotopic (exact) mass is 383 g/mol. The molecule has 0 bridgehead atoms. The lowest BCUT2D eigenvalue weighted by Gasteiger charge is -2.27. The van der Waals surface area contributed by atoms with Gasteiger partial charge in [-0.1, -0.05) is 48.9 Å². The summed E-state index contributed by atoms with van der Waals surface area (Å²) in [6, 6.07) is 15.7. The van der Waals surface area contributed by atoms with Crippen molar-refractivity contribution in [1.29, 1.82) is 0 Å². The number of aliphatic hydroxyl groups excluding tert-OH is 1. The molecule has 3 rings (SSSR count). The zero-order chi connectivity index (χ0) is 19.1. The molecule has 1 fully saturated rings. The summed E-state index contributed by atoms with van der Waals surface area (Å²) in [4.78, 5) is 14.4. The van der Waals surface area contributed by atoms with E-state index < -0.39 is 6.10 Å². The highest BCUT2D eigenvalue weighted by molar-refractivity contribution is 7.99. The van der Waals surface area contributed by atoms with Gasteiger partial charge in [0.05, 0.1) is 19.3 Å². The van der Waals surface area contributed by atoms with Crippen LogP contribution in [0, 0.1) is 0 Å². The minimum absolute atomic E-state index is 0.141. The number of rotatable bonds is 6. The van der Waals surface area contributed by atoms with Gasteiger partial charge in [-0.3, -0.25) is 4.79 Å². The molecule has 0 saturated heterocycles. The van der Waals surface area contributed by atoms with Crippen LogP contribution in [0.2, 0.25) is 0 Å². The van der Waals surface area contributed by atoms with Crippen LogP contribution in [0.15, 0.2) is 64.4 Å². The van der Waals surface area contributed by atoms with Crippen LogP contribution in [0.1, 0.15) is 31.2 Å². The Kier molecular flexibility index (Phi) is 6.96. The van der Waals surface area contributed by atoms with Crippen molar-refractivity contribution in [2.45, 2.75) is 47.6 Å². The van der Waals surface area contributed by atoms with Crippen molar-refractivity contribution in [1.82, 2.24) is 5.32 Å². The van der Waals surface area contributed by atoms with Crippen LogP contribution >= 0.6 is 11.8 Å². The average Bonchev–Trinajstić information content (AvgIpc) is 2.69. The first kappa shape index (κ1) is 19.5. The maximum absolute atomic E-state index is 12.3. The van der Waals surface area contributed by atoms with Crippen LogP contribution in [-0.2, 0) is 4.79 Å². The molecule has 0 aliphatic heterocycles. The molecule has 4 nitrogen and oxygen atoms in total. The van der Waals surface area contributed by atoms with E-state index in [1.807, 2.05) is 54.6 Å². The molecule has 1 amide bonds. The van der Waals surface area contributed by atoms with Crippen LogP contribution in [0.25, 0.3) is 6.08 Å². The first-order valence-electron chi connectivity index (χ1n) is 9.23. The predicted molar refractivity (Wildman–Crippen MR) is 109 cm³/mol. The number of amides is 1. The molecule has 5 heteroatoms. The normalized spacial score (nSPS) is 19.8. The molecule has 1 saturated carbocycles. The smallest absolute Gasteiger partial charge is 0.244 e. The van der Waals surface area contributed by atoms with Gasteiger partial charge in [0.25, 0.3) is 0 Å². The van der Waals surface area contributed by atoms with Gasteiger partial charge >= 0.3 is 0 Å². The summed E-state index contributed by atoms with van der Waals surface area (Å²) in [7, 11) is 1.66. The number of benzene rings is 2. The molecule has 2 N–H and O–H groups in total. The van der Waals surface area contributed by atoms with Crippen molar-refractivity contribution in [3.05, 3.63) is 60.2 Å². The SMILES string of the molecule is COc1cccc(Sc2ccccc2C=CC(=O)NC2CCCCC2O)c1. The van der Waals surface area contributed by atoms with Gasteiger partial charge < -0.3 is 15.2 Å². The summed E-state index contributed by atoms with van der Waals surface area (Å²) in [5.74, 6) is 0.653. The van der Waals surface area contributed by atoms with E-state index in [0.717, 1.165) is 46.8 Å². The lowest BCUT2D eigenvalue weighted by atomic mass is 9.92. The summed E-state index contributed by atoms with van der Waals surface area (Å²) in [6.07, 6.45) is 6.60. The van der Waals surface area contributed by atoms with Gasteiger partial charge in [0.2, 0.25) is 5.91 Å². The van der Waals surface area contributed by atoms with E-state index in [-0.39, 0.29) is 11.9 Å². The number of hydrogen-bond acceptors (Lipinski definition) is 4. The van der Waals surface area contributed by atoms with E-state index in [0.29, 0.717) is 0 Å². The maximum atomic E-state index is 12.3. The molecule has 1 aliphatic carbocycles. The molecule has 0 spiro atoms. The fraction of sp³-hybridized carbons (Fsp3) is 0.318. The minimum Gasteiger partial charge on any atom is -0.497 e. The van der Waals surface area contributed by atoms with Crippen LogP contribution in [-0.4, -0.2) is 30.3 Å². The molecule has 142 valence electrons. The Balaban J connectivity index is 1.67. The summed E-state index contributed by atoms with van der Waals surface area (Å²) < 4.78 is 5.28. The first-order valence-corrected chi connectivity index (χ1v) is 10.0. The van der Waals surface area contributed by atoms with Crippen LogP contribution < -0.4 is 10.1 Å². The van der Waals surface area contributed by atoms with Crippen molar-refractivity contribution < 1.29 is 14.6 Å². The van der Waals surface area contributed by atoms with E-state index in [9.17, 15) is 9.90 Å². The Hall–Kier alpha value is -2.24. The van der Waals surface area contributed by atoms with Crippen molar-refractivity contribution >= 4 is 23.7 Å². The fourth-order valence-corrected chi connectivity index (χ4v) is 4.15. The molecule has 2 atom stereocenters. The molecule has 0 heterocycles. The number of carbonyl (C=O) groups is 1. The second kappa shape index (κ2) is 9.62. The topological polar surface area (TPSA) is 58.6 Å². The summed E-state index contributed by atoms with van der Waals surface area (Å²) in [5.41, 5.74) is 0.977. The third kappa shape index (κ3) is 5.62. The highest BCUT2D eigenvalue weighted by Crippen LogP contribution is 2.32. The van der Waals surface area contributed by atoms with E-state index in [4.69, 9.17) is 4.74 Å². The molecule has 2 unspecified atom stereocenters. The van der Waals surface area contributed by atoms with Crippen molar-refractivity contribution in [3.63, 3.8) is 0 Å². The predicted octanol–water partition coefficient (Wildman–Crippen LogP) is 4.28. The highest BCUT2D eigenvalue weighted by atomic mass is 32.2.